The van der Waals surface area contributed by atoms with Gasteiger partial charge < -0.3 is 4.74 Å². The van der Waals surface area contributed by atoms with Gasteiger partial charge in [0.05, 0.1) is 6.61 Å². The highest BCUT2D eigenvalue weighted by molar-refractivity contribution is 14.1. The lowest BCUT2D eigenvalue weighted by molar-refractivity contribution is 0.260. The Labute approximate surface area is 134 Å². The van der Waals surface area contributed by atoms with E-state index in [0.29, 0.717) is 12.5 Å². The first-order chi connectivity index (χ1) is 9.85. The van der Waals surface area contributed by atoms with Gasteiger partial charge in [0.15, 0.2) is 0 Å². The number of nitrogens with zero attached hydrogens (tertiary/aromatic N) is 1. The Hall–Kier alpha value is -1.10. The van der Waals surface area contributed by atoms with Crippen LogP contribution in [-0.4, -0.2) is 11.6 Å². The van der Waals surface area contributed by atoms with Crippen LogP contribution in [0.3, 0.4) is 0 Å². The summed E-state index contributed by atoms with van der Waals surface area (Å²) < 4.78 is 8.05. The minimum absolute atomic E-state index is 0.465. The summed E-state index contributed by atoms with van der Waals surface area (Å²) in [7, 11) is 0. The van der Waals surface area contributed by atoms with E-state index in [1.54, 1.807) is 0 Å². The summed E-state index contributed by atoms with van der Waals surface area (Å²) >= 11 is 2.27. The van der Waals surface area contributed by atoms with Crippen molar-refractivity contribution in [1.29, 1.82) is 0 Å². The predicted molar refractivity (Wildman–Crippen MR) is 93.4 cm³/mol. The number of hydrogen-bond donors (Lipinski definition) is 0. The molecule has 3 heteroatoms. The molecule has 20 heavy (non-hydrogen) atoms. The first kappa shape index (κ1) is 15.3. The lowest BCUT2D eigenvalue weighted by atomic mass is 10.0. The zero-order valence-electron chi connectivity index (χ0n) is 11.8. The van der Waals surface area contributed by atoms with Gasteiger partial charge in [0.2, 0.25) is 5.88 Å². The standard InChI is InChI=1S/C17H20INO/c1-2-3-6-14(9-11-18)13-20-17-16-8-5-4-7-15(16)10-12-19-17/h4-5,7-12,14H,2-3,6,13H2,1H3. The van der Waals surface area contributed by atoms with Crippen LogP contribution in [0.15, 0.2) is 46.7 Å². The first-order valence-electron chi connectivity index (χ1n) is 7.08. The lowest BCUT2D eigenvalue weighted by Gasteiger charge is -2.14. The van der Waals surface area contributed by atoms with Gasteiger partial charge in [-0.25, -0.2) is 4.98 Å². The van der Waals surface area contributed by atoms with E-state index in [9.17, 15) is 0 Å². The molecule has 106 valence electrons. The summed E-state index contributed by atoms with van der Waals surface area (Å²) in [6, 6.07) is 10.2. The molecular weight excluding hydrogens is 361 g/mol. The van der Waals surface area contributed by atoms with Gasteiger partial charge in [0, 0.05) is 17.5 Å². The molecule has 0 aliphatic rings. The molecular formula is C17H20INO. The monoisotopic (exact) mass is 381 g/mol. The van der Waals surface area contributed by atoms with E-state index in [0.717, 1.165) is 11.3 Å². The van der Waals surface area contributed by atoms with Crippen molar-refractivity contribution in [2.24, 2.45) is 5.92 Å². The molecule has 0 bridgehead atoms. The number of hydrogen-bond acceptors (Lipinski definition) is 2. The van der Waals surface area contributed by atoms with Gasteiger partial charge in [0.25, 0.3) is 0 Å². The largest absolute Gasteiger partial charge is 0.477 e. The van der Waals surface area contributed by atoms with Crippen LogP contribution in [0.5, 0.6) is 5.88 Å². The van der Waals surface area contributed by atoms with E-state index in [1.165, 1.54) is 24.6 Å². The molecule has 0 amide bonds. The van der Waals surface area contributed by atoms with Crippen LogP contribution in [0.1, 0.15) is 26.2 Å². The number of fused-ring (bicyclic) bond motifs is 1. The summed E-state index contributed by atoms with van der Waals surface area (Å²) in [6.45, 7) is 2.92. The van der Waals surface area contributed by atoms with Gasteiger partial charge in [-0.15, -0.1) is 0 Å². The molecule has 2 rings (SSSR count). The molecule has 2 nitrogen and oxygen atoms in total. The summed E-state index contributed by atoms with van der Waals surface area (Å²) in [5.41, 5.74) is 0. The SMILES string of the molecule is CCCCC(C=CI)COc1nccc2ccccc12. The molecule has 1 heterocycles. The molecule has 0 radical (unpaired) electrons. The first-order valence-corrected chi connectivity index (χ1v) is 8.33. The number of unbranched alkanes of at least 4 members (excludes halogenated alkanes) is 1. The van der Waals surface area contributed by atoms with Crippen molar-refractivity contribution >= 4 is 33.4 Å². The molecule has 0 aliphatic carbocycles. The van der Waals surface area contributed by atoms with Crippen LogP contribution in [0.2, 0.25) is 0 Å². The minimum Gasteiger partial charge on any atom is -0.477 e. The molecule has 1 aromatic carbocycles. The minimum atomic E-state index is 0.465. The molecule has 1 atom stereocenters. The van der Waals surface area contributed by atoms with Gasteiger partial charge in [0.1, 0.15) is 0 Å². The second kappa shape index (κ2) is 8.25. The Balaban J connectivity index is 2.07. The number of benzene rings is 1. The Morgan fingerprint density at radius 1 is 1.30 bits per heavy atom. The number of aromatic nitrogens is 1. The fourth-order valence-electron chi connectivity index (χ4n) is 2.20. The number of rotatable bonds is 7. The van der Waals surface area contributed by atoms with E-state index < -0.39 is 0 Å². The second-order valence-electron chi connectivity index (χ2n) is 4.87. The Morgan fingerprint density at radius 3 is 2.95 bits per heavy atom. The van der Waals surface area contributed by atoms with Crippen molar-refractivity contribution in [2.75, 3.05) is 6.61 Å². The van der Waals surface area contributed by atoms with Gasteiger partial charge >= 0.3 is 0 Å². The van der Waals surface area contributed by atoms with Crippen LogP contribution in [0, 0.1) is 5.92 Å². The van der Waals surface area contributed by atoms with E-state index in [4.69, 9.17) is 4.74 Å². The number of ether oxygens (including phenoxy) is 1. The van der Waals surface area contributed by atoms with E-state index in [-0.39, 0.29) is 0 Å². The summed E-state index contributed by atoms with van der Waals surface area (Å²) in [5, 5.41) is 2.26. The van der Waals surface area contributed by atoms with Crippen molar-refractivity contribution in [1.82, 2.24) is 4.98 Å². The van der Waals surface area contributed by atoms with Gasteiger partial charge in [-0.2, -0.15) is 0 Å². The molecule has 0 fully saturated rings. The van der Waals surface area contributed by atoms with Gasteiger partial charge in [-0.05, 0) is 28.0 Å². The highest BCUT2D eigenvalue weighted by Gasteiger charge is 2.08. The molecule has 0 saturated heterocycles. The predicted octanol–water partition coefficient (Wildman–Crippen LogP) is 5.37. The third kappa shape index (κ3) is 4.20. The van der Waals surface area contributed by atoms with Crippen LogP contribution in [0.25, 0.3) is 10.8 Å². The summed E-state index contributed by atoms with van der Waals surface area (Å²) in [6.07, 6.45) is 7.66. The van der Waals surface area contributed by atoms with E-state index in [1.807, 2.05) is 24.4 Å². The second-order valence-corrected chi connectivity index (χ2v) is 5.59. The fourth-order valence-corrected chi connectivity index (χ4v) is 2.78. The third-order valence-electron chi connectivity index (χ3n) is 3.34. The number of halogens is 1. The van der Waals surface area contributed by atoms with Crippen molar-refractivity contribution in [3.8, 4) is 5.88 Å². The maximum absolute atomic E-state index is 5.97. The Morgan fingerprint density at radius 2 is 2.15 bits per heavy atom. The maximum atomic E-state index is 5.97. The Bertz CT molecular complexity index is 562. The normalized spacial score (nSPS) is 12.9. The molecule has 2 aromatic rings. The summed E-state index contributed by atoms with van der Waals surface area (Å²) in [5.74, 6) is 1.21. The van der Waals surface area contributed by atoms with E-state index >= 15 is 0 Å². The van der Waals surface area contributed by atoms with Crippen molar-refractivity contribution in [2.45, 2.75) is 26.2 Å². The highest BCUT2D eigenvalue weighted by atomic mass is 127. The van der Waals surface area contributed by atoms with Crippen LogP contribution in [0.4, 0.5) is 0 Å². The van der Waals surface area contributed by atoms with E-state index in [2.05, 4.69) is 56.8 Å². The highest BCUT2D eigenvalue weighted by Crippen LogP contribution is 2.23. The van der Waals surface area contributed by atoms with Gasteiger partial charge in [-0.1, -0.05) is 66.6 Å². The average molecular weight is 381 g/mol. The smallest absolute Gasteiger partial charge is 0.221 e. The van der Waals surface area contributed by atoms with Crippen molar-refractivity contribution in [3.05, 3.63) is 46.7 Å². The molecule has 0 aliphatic heterocycles. The molecule has 1 aromatic heterocycles. The topological polar surface area (TPSA) is 22.1 Å². The van der Waals surface area contributed by atoms with Gasteiger partial charge in [-0.3, -0.25) is 0 Å². The third-order valence-corrected chi connectivity index (χ3v) is 3.76. The molecule has 0 saturated carbocycles. The quantitative estimate of drug-likeness (QED) is 0.602. The summed E-state index contributed by atoms with van der Waals surface area (Å²) in [4.78, 5) is 4.37. The average Bonchev–Trinajstić information content (AvgIpc) is 2.50. The van der Waals surface area contributed by atoms with Crippen molar-refractivity contribution in [3.63, 3.8) is 0 Å². The van der Waals surface area contributed by atoms with Crippen LogP contribution in [-0.2, 0) is 0 Å². The molecule has 0 spiro atoms. The lowest BCUT2D eigenvalue weighted by Crippen LogP contribution is -2.10. The van der Waals surface area contributed by atoms with Crippen LogP contribution < -0.4 is 4.74 Å². The Kier molecular flexibility index (Phi) is 6.30. The zero-order valence-corrected chi connectivity index (χ0v) is 13.9. The molecule has 1 unspecified atom stereocenters. The number of pyridine rings is 1. The maximum Gasteiger partial charge on any atom is 0.221 e. The van der Waals surface area contributed by atoms with Crippen LogP contribution >= 0.6 is 22.6 Å². The molecule has 0 N–H and O–H groups in total. The zero-order chi connectivity index (χ0) is 14.2. The van der Waals surface area contributed by atoms with Crippen molar-refractivity contribution < 1.29 is 4.74 Å². The fraction of sp³-hybridized carbons (Fsp3) is 0.353.